The molecule has 0 saturated heterocycles. The molecule has 32 heteroatoms. The molecule has 7 heterocycles. The molecule has 7 aromatic heterocycles. The highest BCUT2D eigenvalue weighted by Gasteiger charge is 2.21. The molecule has 13 aromatic rings. The molecule has 0 spiro atoms. The third-order valence-corrected chi connectivity index (χ3v) is 22.5. The van der Waals surface area contributed by atoms with Crippen LogP contribution in [0.2, 0.25) is 25.1 Å². The van der Waals surface area contributed by atoms with Crippen molar-refractivity contribution >= 4 is 145 Å². The van der Waals surface area contributed by atoms with Gasteiger partial charge in [0.2, 0.25) is 10.0 Å². The van der Waals surface area contributed by atoms with Gasteiger partial charge in [-0.25, -0.2) is 44.2 Å². The van der Waals surface area contributed by atoms with E-state index < -0.39 is 35.6 Å². The summed E-state index contributed by atoms with van der Waals surface area (Å²) in [6, 6.07) is 58.5. The van der Waals surface area contributed by atoms with Crippen molar-refractivity contribution in [3.05, 3.63) is 303 Å². The van der Waals surface area contributed by atoms with E-state index in [4.69, 9.17) is 58.0 Å². The largest absolute Gasteiger partial charge is 0.322 e. The van der Waals surface area contributed by atoms with E-state index in [9.17, 15) is 44.4 Å². The second kappa shape index (κ2) is 35.4. The van der Waals surface area contributed by atoms with Gasteiger partial charge in [0.25, 0.3) is 23.6 Å². The molecule has 0 aliphatic heterocycles. The lowest BCUT2D eigenvalue weighted by atomic mass is 10.1. The summed E-state index contributed by atoms with van der Waals surface area (Å²) in [5, 5.41) is 17.3. The topological polar surface area (TPSA) is 317 Å². The molecular formula is C75H58Cl5N13O10S4. The van der Waals surface area contributed by atoms with Gasteiger partial charge >= 0.3 is 0 Å². The molecule has 0 fully saturated rings. The molecule has 0 saturated carbocycles. The lowest BCUT2D eigenvalue weighted by Gasteiger charge is -2.12. The van der Waals surface area contributed by atoms with E-state index in [0.29, 0.717) is 98.4 Å². The summed E-state index contributed by atoms with van der Waals surface area (Å²) in [5.74, 6) is -0.901. The number of hydrogen-bond acceptors (Lipinski definition) is 18. The van der Waals surface area contributed by atoms with Crippen LogP contribution < -0.4 is 21.3 Å². The Kier molecular flexibility index (Phi) is 26.0. The van der Waals surface area contributed by atoms with Crippen LogP contribution in [0.5, 0.6) is 0 Å². The maximum Gasteiger partial charge on any atom is 0.265 e. The van der Waals surface area contributed by atoms with Gasteiger partial charge in [-0.05, 0) is 188 Å². The number of sulfone groups is 2. The standard InChI is InChI=1S/C20H18ClN3O3S.C19H14Cl2N2O3S.C19H13ClN6O.C17H13ClN2O3S2/c1-24(2)28(26,27)16-9-6-14(7-10-16)20(25)23-15-8-11-18(21)17(13-15)19-5-3-4-12-22-19;1-27(25,26)13-6-7-14(17(21)11-13)19(24)23-12-5-8-16(20)15(10-12)18-4-2-3-9-22-18;20-16-6-5-14(9-15(16)17-3-1-2-8-22-17)25-19(27)13-4-7-18(23-10-13)26-12-21-11-24-26;1-25(22,23)16-8-7-15(24-16)17(21)20-11-5-6-13(18)12(10-11)14-4-2-3-9-19-14/h3-13H,1-2H3,(H,23,25);2-11H,1H3,(H,23,24);1-12H,(H,25,27);2-10H,1H3,(H,20,21). The Bertz CT molecular complexity index is 5730. The van der Waals surface area contributed by atoms with Crippen LogP contribution in [0.3, 0.4) is 0 Å². The van der Waals surface area contributed by atoms with Gasteiger partial charge in [-0.2, -0.15) is 5.10 Å². The molecule has 4 amide bonds. The van der Waals surface area contributed by atoms with E-state index >= 15 is 0 Å². The van der Waals surface area contributed by atoms with Gasteiger partial charge in [0.05, 0.1) is 73.7 Å². The number of anilines is 4. The van der Waals surface area contributed by atoms with Gasteiger partial charge in [0.1, 0.15) is 16.9 Å². The summed E-state index contributed by atoms with van der Waals surface area (Å²) in [7, 11) is -7.36. The Morgan fingerprint density at radius 1 is 0.411 bits per heavy atom. The fourth-order valence-corrected chi connectivity index (χ4v) is 14.2. The Morgan fingerprint density at radius 3 is 1.18 bits per heavy atom. The summed E-state index contributed by atoms with van der Waals surface area (Å²) in [4.78, 5) is 75.6. The fraction of sp³-hybridized carbons (Fsp3) is 0.0533. The van der Waals surface area contributed by atoms with E-state index in [-0.39, 0.29) is 42.3 Å². The second-order valence-corrected chi connectivity index (χ2v) is 32.3. The quantitative estimate of drug-likeness (QED) is 0.0658. The SMILES string of the molecule is CN(C)S(=O)(=O)c1ccc(C(=O)Nc2ccc(Cl)c(-c3ccccn3)c2)cc1.CS(=O)(=O)c1ccc(C(=O)Nc2ccc(Cl)c(-c3ccccn3)c2)c(Cl)c1.CS(=O)(=O)c1ccc(C(=O)Nc2ccc(Cl)c(-c3ccccn3)c2)s1.O=C(Nc1ccc(Cl)c(-c2ccccn2)c1)c1ccc(-n2cncn2)nc1. The molecule has 0 unspecified atom stereocenters. The number of pyridine rings is 5. The third-order valence-electron chi connectivity index (χ3n) is 15.0. The number of sulfonamides is 1. The van der Waals surface area contributed by atoms with Gasteiger partial charge in [-0.3, -0.25) is 39.1 Å². The number of carbonyl (C=O) groups is 4. The average molecular weight is 1610 g/mol. The molecule has 0 bridgehead atoms. The molecule has 0 aliphatic carbocycles. The first-order valence-corrected chi connectivity index (χ1v) is 39.2. The van der Waals surface area contributed by atoms with Crippen LogP contribution in [0, 0.1) is 0 Å². The van der Waals surface area contributed by atoms with Gasteiger partial charge < -0.3 is 21.3 Å². The number of benzene rings is 6. The molecule has 23 nitrogen and oxygen atoms in total. The summed E-state index contributed by atoms with van der Waals surface area (Å²) < 4.78 is 73.2. The minimum atomic E-state index is -3.54. The molecule has 0 atom stereocenters. The monoisotopic (exact) mass is 1600 g/mol. The molecule has 0 aliphatic rings. The number of nitrogens with one attached hydrogen (secondary N) is 4. The van der Waals surface area contributed by atoms with Crippen LogP contribution in [0.25, 0.3) is 50.8 Å². The minimum absolute atomic E-state index is 0.0491. The number of halogens is 5. The number of amides is 4. The normalized spacial score (nSPS) is 11.1. The lowest BCUT2D eigenvalue weighted by Crippen LogP contribution is -2.22. The van der Waals surface area contributed by atoms with Crippen molar-refractivity contribution < 1.29 is 44.4 Å². The first kappa shape index (κ1) is 78.6. The van der Waals surface area contributed by atoms with Gasteiger partial charge in [0, 0.05) is 108 Å². The highest BCUT2D eigenvalue weighted by atomic mass is 35.5. The van der Waals surface area contributed by atoms with E-state index in [1.165, 1.54) is 92.2 Å². The van der Waals surface area contributed by atoms with Crippen LogP contribution in [0.4, 0.5) is 22.7 Å². The van der Waals surface area contributed by atoms with Crippen molar-refractivity contribution in [1.29, 1.82) is 0 Å². The van der Waals surface area contributed by atoms with Crippen molar-refractivity contribution in [3.63, 3.8) is 0 Å². The second-order valence-electron chi connectivity index (χ2n) is 22.8. The Morgan fingerprint density at radius 2 is 0.822 bits per heavy atom. The Labute approximate surface area is 644 Å². The molecule has 542 valence electrons. The van der Waals surface area contributed by atoms with Crippen LogP contribution >= 0.6 is 69.3 Å². The van der Waals surface area contributed by atoms with E-state index in [2.05, 4.69) is 56.3 Å². The number of rotatable bonds is 17. The Balaban J connectivity index is 0.000000153. The number of aromatic nitrogens is 8. The van der Waals surface area contributed by atoms with Crippen LogP contribution in [-0.2, 0) is 29.7 Å². The molecule has 13 rings (SSSR count). The maximum atomic E-state index is 12.5. The summed E-state index contributed by atoms with van der Waals surface area (Å²) in [6.45, 7) is 0. The molecule has 107 heavy (non-hydrogen) atoms. The summed E-state index contributed by atoms with van der Waals surface area (Å²) in [6.07, 6.45) is 13.3. The third kappa shape index (κ3) is 21.0. The molecule has 0 radical (unpaired) electrons. The minimum Gasteiger partial charge on any atom is -0.322 e. The summed E-state index contributed by atoms with van der Waals surface area (Å²) >= 11 is 32.0. The number of thiophene rings is 1. The van der Waals surface area contributed by atoms with Crippen molar-refractivity contribution in [2.75, 3.05) is 47.9 Å². The number of carbonyl (C=O) groups excluding carboxylic acids is 4. The van der Waals surface area contributed by atoms with Crippen molar-refractivity contribution in [3.8, 4) is 50.8 Å². The predicted molar refractivity (Wildman–Crippen MR) is 419 cm³/mol. The Hall–Kier alpha value is -11.0. The predicted octanol–water partition coefficient (Wildman–Crippen LogP) is 16.4. The number of nitrogens with zero attached hydrogens (tertiary/aromatic N) is 9. The first-order valence-electron chi connectivity index (χ1n) is 31.3. The highest BCUT2D eigenvalue weighted by molar-refractivity contribution is 7.92. The van der Waals surface area contributed by atoms with E-state index in [1.807, 2.05) is 60.7 Å². The molecular weight excluding hydrogens is 1550 g/mol. The first-order chi connectivity index (χ1) is 51.1. The van der Waals surface area contributed by atoms with Crippen LogP contribution in [0.1, 0.15) is 40.7 Å². The van der Waals surface area contributed by atoms with Crippen LogP contribution in [0.15, 0.2) is 270 Å². The maximum absolute atomic E-state index is 12.5. The van der Waals surface area contributed by atoms with E-state index in [1.54, 1.807) is 122 Å². The van der Waals surface area contributed by atoms with Crippen LogP contribution in [-0.4, -0.2) is 119 Å². The molecule has 4 N–H and O–H groups in total. The van der Waals surface area contributed by atoms with Gasteiger partial charge in [0.15, 0.2) is 25.5 Å². The van der Waals surface area contributed by atoms with Gasteiger partial charge in [-0.15, -0.1) is 11.3 Å². The molecule has 6 aromatic carbocycles. The zero-order chi connectivity index (χ0) is 76.6. The van der Waals surface area contributed by atoms with E-state index in [0.717, 1.165) is 39.4 Å². The van der Waals surface area contributed by atoms with Crippen molar-refractivity contribution in [2.45, 2.75) is 14.0 Å². The fourth-order valence-electron chi connectivity index (χ4n) is 9.61. The number of hydrogen-bond donors (Lipinski definition) is 4. The zero-order valence-electron chi connectivity index (χ0n) is 56.4. The average Bonchev–Trinajstić information content (AvgIpc) is 1.52. The van der Waals surface area contributed by atoms with Crippen molar-refractivity contribution in [1.82, 2.24) is 44.0 Å². The van der Waals surface area contributed by atoms with Gasteiger partial charge in [-0.1, -0.05) is 82.3 Å². The zero-order valence-corrected chi connectivity index (χ0v) is 63.4. The smallest absolute Gasteiger partial charge is 0.265 e. The summed E-state index contributed by atoms with van der Waals surface area (Å²) in [5.41, 5.74) is 8.77. The highest BCUT2D eigenvalue weighted by Crippen LogP contribution is 2.35. The lowest BCUT2D eigenvalue weighted by molar-refractivity contribution is 0.101. The van der Waals surface area contributed by atoms with Crippen molar-refractivity contribution in [2.24, 2.45) is 0 Å².